The summed E-state index contributed by atoms with van der Waals surface area (Å²) in [5.41, 5.74) is 5.46. The number of nitrogens with two attached hydrogens (primary N) is 1. The Hall–Kier alpha value is -1.89. The SMILES string of the molecule is CCCCNC(=O)[C@H](CCSC)N(C(=O)[C@H](CC(C)C)C[C@@H](O)[C@@H](NC(=O)OC(C)(C)C)[C@@H](C)O)C(=O)[C@@H](N)C(C)C. The fourth-order valence-corrected chi connectivity index (χ4v) is 4.92. The first-order valence-electron chi connectivity index (χ1n) is 15.1. The molecule has 0 saturated carbocycles. The van der Waals surface area contributed by atoms with Crippen molar-refractivity contribution >= 4 is 35.6 Å². The summed E-state index contributed by atoms with van der Waals surface area (Å²) in [7, 11) is 0. The summed E-state index contributed by atoms with van der Waals surface area (Å²) < 4.78 is 5.29. The maximum Gasteiger partial charge on any atom is 0.408 e. The van der Waals surface area contributed by atoms with Crippen LogP contribution < -0.4 is 16.4 Å². The Morgan fingerprint density at radius 3 is 2.05 bits per heavy atom. The maximum atomic E-state index is 14.3. The normalized spacial score (nSPS) is 16.3. The third-order valence-electron chi connectivity index (χ3n) is 6.77. The van der Waals surface area contributed by atoms with Gasteiger partial charge in [0.25, 0.3) is 0 Å². The second-order valence-corrected chi connectivity index (χ2v) is 13.8. The van der Waals surface area contributed by atoms with Crippen LogP contribution in [0.3, 0.4) is 0 Å². The lowest BCUT2D eigenvalue weighted by molar-refractivity contribution is -0.157. The second kappa shape index (κ2) is 19.4. The number of rotatable bonds is 18. The van der Waals surface area contributed by atoms with E-state index in [1.807, 2.05) is 27.0 Å². The topological polar surface area (TPSA) is 171 Å². The molecule has 4 amide bonds. The van der Waals surface area contributed by atoms with Crippen LogP contribution in [0.4, 0.5) is 4.79 Å². The smallest absolute Gasteiger partial charge is 0.408 e. The molecule has 0 aliphatic carbocycles. The van der Waals surface area contributed by atoms with E-state index in [2.05, 4.69) is 10.6 Å². The summed E-state index contributed by atoms with van der Waals surface area (Å²) in [6.45, 7) is 16.3. The van der Waals surface area contributed by atoms with Crippen molar-refractivity contribution in [3.63, 3.8) is 0 Å². The minimum absolute atomic E-state index is 0.00582. The zero-order valence-electron chi connectivity index (χ0n) is 27.4. The molecule has 6 atom stereocenters. The van der Waals surface area contributed by atoms with E-state index in [0.717, 1.165) is 17.7 Å². The monoisotopic (exact) mass is 618 g/mol. The molecule has 12 heteroatoms. The number of hydrogen-bond donors (Lipinski definition) is 5. The van der Waals surface area contributed by atoms with Gasteiger partial charge in [0.15, 0.2) is 0 Å². The van der Waals surface area contributed by atoms with Gasteiger partial charge in [-0.15, -0.1) is 0 Å². The number of unbranched alkanes of at least 4 members (excludes halogenated alkanes) is 1. The summed E-state index contributed by atoms with van der Waals surface area (Å²) in [5.74, 6) is -2.34. The number of hydrogen-bond acceptors (Lipinski definition) is 9. The second-order valence-electron chi connectivity index (χ2n) is 12.8. The molecular weight excluding hydrogens is 560 g/mol. The Balaban J connectivity index is 6.52. The van der Waals surface area contributed by atoms with E-state index in [0.29, 0.717) is 18.7 Å². The molecule has 11 nitrogen and oxygen atoms in total. The van der Waals surface area contributed by atoms with Gasteiger partial charge in [-0.3, -0.25) is 19.3 Å². The lowest BCUT2D eigenvalue weighted by Crippen LogP contribution is -2.59. The highest BCUT2D eigenvalue weighted by molar-refractivity contribution is 7.98. The number of ether oxygens (including phenoxy) is 1. The van der Waals surface area contributed by atoms with E-state index in [9.17, 15) is 29.4 Å². The van der Waals surface area contributed by atoms with Crippen molar-refractivity contribution in [3.05, 3.63) is 0 Å². The number of aliphatic hydroxyl groups excluding tert-OH is 2. The molecule has 0 fully saturated rings. The molecule has 0 rings (SSSR count). The summed E-state index contributed by atoms with van der Waals surface area (Å²) in [4.78, 5) is 55.0. The average Bonchev–Trinajstić information content (AvgIpc) is 2.86. The van der Waals surface area contributed by atoms with Crippen LogP contribution in [0.5, 0.6) is 0 Å². The fourth-order valence-electron chi connectivity index (χ4n) is 4.46. The Bertz CT molecular complexity index is 848. The molecular formula is C30H58N4O7S. The fraction of sp³-hybridized carbons (Fsp3) is 0.867. The van der Waals surface area contributed by atoms with Crippen LogP contribution in [0.2, 0.25) is 0 Å². The average molecular weight is 619 g/mol. The number of nitrogens with one attached hydrogen (secondary N) is 2. The minimum Gasteiger partial charge on any atom is -0.444 e. The lowest BCUT2D eigenvalue weighted by atomic mass is 9.86. The molecule has 0 unspecified atom stereocenters. The van der Waals surface area contributed by atoms with Gasteiger partial charge >= 0.3 is 6.09 Å². The highest BCUT2D eigenvalue weighted by atomic mass is 32.2. The first-order valence-corrected chi connectivity index (χ1v) is 16.5. The Morgan fingerprint density at radius 1 is 1.00 bits per heavy atom. The largest absolute Gasteiger partial charge is 0.444 e. The standard InChI is InChI=1S/C30H58N4O7S/c1-11-12-14-32-26(37)22(13-15-42-10)34(28(39)24(31)19(4)5)27(38)21(16-18(2)3)17-23(36)25(20(6)35)33-29(40)41-30(7,8)9/h18-25,35-36H,11-17,31H2,1-10H3,(H,32,37)(H,33,40)/t20-,21-,22+,23-,24+,25+/m1/s1. The number of carbonyl (C=O) groups excluding carboxylic acids is 4. The highest BCUT2D eigenvalue weighted by Crippen LogP contribution is 2.26. The van der Waals surface area contributed by atoms with Gasteiger partial charge in [-0.2, -0.15) is 11.8 Å². The van der Waals surface area contributed by atoms with Gasteiger partial charge in [0.1, 0.15) is 11.6 Å². The van der Waals surface area contributed by atoms with Crippen molar-refractivity contribution in [1.82, 2.24) is 15.5 Å². The van der Waals surface area contributed by atoms with Crippen LogP contribution in [0, 0.1) is 17.8 Å². The van der Waals surface area contributed by atoms with Crippen molar-refractivity contribution in [2.45, 2.75) is 130 Å². The number of alkyl carbamates (subject to hydrolysis) is 1. The number of aliphatic hydroxyl groups is 2. The molecule has 246 valence electrons. The van der Waals surface area contributed by atoms with Crippen molar-refractivity contribution < 1.29 is 34.1 Å². The molecule has 0 heterocycles. The predicted molar refractivity (Wildman–Crippen MR) is 168 cm³/mol. The first-order chi connectivity index (χ1) is 19.4. The van der Waals surface area contributed by atoms with E-state index in [-0.39, 0.29) is 24.7 Å². The summed E-state index contributed by atoms with van der Waals surface area (Å²) in [6.07, 6.45) is 0.517. The van der Waals surface area contributed by atoms with Crippen LogP contribution in [-0.4, -0.2) is 93.4 Å². The quantitative estimate of drug-likeness (QED) is 0.145. The van der Waals surface area contributed by atoms with Crippen LogP contribution >= 0.6 is 11.8 Å². The van der Waals surface area contributed by atoms with E-state index >= 15 is 0 Å². The highest BCUT2D eigenvalue weighted by Gasteiger charge is 2.42. The van der Waals surface area contributed by atoms with Gasteiger partial charge in [-0.05, 0) is 77.2 Å². The zero-order chi connectivity index (χ0) is 32.8. The Labute approximate surface area is 257 Å². The first kappa shape index (κ1) is 40.1. The van der Waals surface area contributed by atoms with E-state index < -0.39 is 65.7 Å². The molecule has 42 heavy (non-hydrogen) atoms. The van der Waals surface area contributed by atoms with Crippen molar-refractivity contribution in [2.24, 2.45) is 23.5 Å². The molecule has 0 bridgehead atoms. The van der Waals surface area contributed by atoms with Gasteiger partial charge in [0.05, 0.1) is 24.3 Å². The van der Waals surface area contributed by atoms with Crippen molar-refractivity contribution in [1.29, 1.82) is 0 Å². The molecule has 0 aromatic rings. The summed E-state index contributed by atoms with van der Waals surface area (Å²) in [5, 5.41) is 27.0. The molecule has 0 aliphatic rings. The summed E-state index contributed by atoms with van der Waals surface area (Å²) >= 11 is 1.50. The van der Waals surface area contributed by atoms with E-state index in [1.165, 1.54) is 18.7 Å². The van der Waals surface area contributed by atoms with Gasteiger partial charge in [0.2, 0.25) is 17.7 Å². The number of thioether (sulfide) groups is 1. The van der Waals surface area contributed by atoms with E-state index in [4.69, 9.17) is 10.5 Å². The Morgan fingerprint density at radius 2 is 1.60 bits per heavy atom. The van der Waals surface area contributed by atoms with Crippen LogP contribution in [0.25, 0.3) is 0 Å². The third kappa shape index (κ3) is 14.5. The van der Waals surface area contributed by atoms with Crippen LogP contribution in [0.15, 0.2) is 0 Å². The number of amides is 4. The predicted octanol–water partition coefficient (Wildman–Crippen LogP) is 3.05. The lowest BCUT2D eigenvalue weighted by Gasteiger charge is -2.36. The van der Waals surface area contributed by atoms with Crippen molar-refractivity contribution in [2.75, 3.05) is 18.6 Å². The number of imide groups is 1. The molecule has 0 aliphatic heterocycles. The zero-order valence-corrected chi connectivity index (χ0v) is 28.3. The number of nitrogens with zero attached hydrogens (tertiary/aromatic N) is 1. The van der Waals surface area contributed by atoms with Gasteiger partial charge < -0.3 is 31.3 Å². The number of carbonyl (C=O) groups is 4. The maximum absolute atomic E-state index is 14.3. The van der Waals surface area contributed by atoms with Crippen LogP contribution in [0.1, 0.15) is 94.4 Å². The van der Waals surface area contributed by atoms with Gasteiger partial charge in [0, 0.05) is 12.5 Å². The molecule has 0 saturated heterocycles. The van der Waals surface area contributed by atoms with Crippen LogP contribution in [-0.2, 0) is 19.1 Å². The molecule has 0 aromatic heterocycles. The molecule has 0 aromatic carbocycles. The van der Waals surface area contributed by atoms with Gasteiger partial charge in [-0.25, -0.2) is 4.79 Å². The molecule has 0 spiro atoms. The van der Waals surface area contributed by atoms with Gasteiger partial charge in [-0.1, -0.05) is 41.0 Å². The minimum atomic E-state index is -1.36. The van der Waals surface area contributed by atoms with Crippen molar-refractivity contribution in [3.8, 4) is 0 Å². The Kier molecular flexibility index (Phi) is 18.5. The summed E-state index contributed by atoms with van der Waals surface area (Å²) in [6, 6.07) is -3.23. The molecule has 6 N–H and O–H groups in total. The molecule has 0 radical (unpaired) electrons. The van der Waals surface area contributed by atoms with E-state index in [1.54, 1.807) is 34.6 Å². The third-order valence-corrected chi connectivity index (χ3v) is 7.41.